The number of nitrogens with one attached hydrogen (secondary N) is 1. The summed E-state index contributed by atoms with van der Waals surface area (Å²) < 4.78 is 5.61. The third-order valence-electron chi connectivity index (χ3n) is 4.36. The Balaban J connectivity index is 1.77. The van der Waals surface area contributed by atoms with Crippen molar-refractivity contribution in [2.75, 3.05) is 56.7 Å². The van der Waals surface area contributed by atoms with Crippen molar-refractivity contribution < 1.29 is 4.74 Å². The maximum atomic E-state index is 5.61. The van der Waals surface area contributed by atoms with Crippen molar-refractivity contribution in [2.45, 2.75) is 6.04 Å². The van der Waals surface area contributed by atoms with Crippen LogP contribution in [0.1, 0.15) is 0 Å². The van der Waals surface area contributed by atoms with Crippen molar-refractivity contribution in [3.05, 3.63) is 24.3 Å². The Labute approximate surface area is 115 Å². The molecular weight excluding hydrogens is 238 g/mol. The molecule has 1 saturated heterocycles. The first-order valence-corrected chi connectivity index (χ1v) is 7.09. The number of rotatable bonds is 3. The number of para-hydroxylation sites is 2. The van der Waals surface area contributed by atoms with Gasteiger partial charge in [0.1, 0.15) is 0 Å². The molecule has 2 atom stereocenters. The van der Waals surface area contributed by atoms with E-state index < -0.39 is 0 Å². The van der Waals surface area contributed by atoms with Crippen molar-refractivity contribution in [1.82, 2.24) is 5.32 Å². The largest absolute Gasteiger partial charge is 0.379 e. The summed E-state index contributed by atoms with van der Waals surface area (Å²) in [7, 11) is 4.20. The second-order valence-corrected chi connectivity index (χ2v) is 5.55. The number of hydrogen-bond acceptors (Lipinski definition) is 4. The van der Waals surface area contributed by atoms with Gasteiger partial charge in [-0.3, -0.25) is 0 Å². The number of likely N-dealkylation sites (N-methyl/N-ethyl adjacent to an activating group) is 2. The van der Waals surface area contributed by atoms with E-state index in [1.807, 2.05) is 7.05 Å². The first-order valence-electron chi connectivity index (χ1n) is 7.09. The predicted octanol–water partition coefficient (Wildman–Crippen LogP) is 1.18. The lowest BCUT2D eigenvalue weighted by molar-refractivity contribution is 0.183. The van der Waals surface area contributed by atoms with Crippen molar-refractivity contribution in [1.29, 1.82) is 0 Å². The lowest BCUT2D eigenvalue weighted by Gasteiger charge is -2.38. The molecule has 2 aliphatic heterocycles. The zero-order valence-electron chi connectivity index (χ0n) is 11.8. The van der Waals surface area contributed by atoms with E-state index in [1.54, 1.807) is 0 Å². The smallest absolute Gasteiger partial charge is 0.0623 e. The van der Waals surface area contributed by atoms with Crippen LogP contribution in [0.2, 0.25) is 0 Å². The van der Waals surface area contributed by atoms with Gasteiger partial charge < -0.3 is 19.9 Å². The summed E-state index contributed by atoms with van der Waals surface area (Å²) in [5.41, 5.74) is 2.70. The third kappa shape index (κ3) is 2.42. The van der Waals surface area contributed by atoms with E-state index in [1.165, 1.54) is 11.4 Å². The second-order valence-electron chi connectivity index (χ2n) is 5.55. The molecule has 0 aromatic heterocycles. The molecule has 4 heteroatoms. The van der Waals surface area contributed by atoms with Gasteiger partial charge in [-0.15, -0.1) is 0 Å². The van der Waals surface area contributed by atoms with Crippen molar-refractivity contribution in [2.24, 2.45) is 5.92 Å². The van der Waals surface area contributed by atoms with Crippen molar-refractivity contribution in [3.8, 4) is 0 Å². The monoisotopic (exact) mass is 261 g/mol. The first-order chi connectivity index (χ1) is 9.29. The Hall–Kier alpha value is -1.26. The normalized spacial score (nSPS) is 26.6. The molecule has 1 N–H and O–H groups in total. The Morgan fingerprint density at radius 3 is 2.79 bits per heavy atom. The van der Waals surface area contributed by atoms with E-state index in [0.717, 1.165) is 32.8 Å². The SMILES string of the molecule is CNC1COCC1CN1CCN(C)c2ccccc21. The van der Waals surface area contributed by atoms with Gasteiger partial charge in [0.25, 0.3) is 0 Å². The number of benzene rings is 1. The van der Waals surface area contributed by atoms with Crippen LogP contribution in [-0.4, -0.2) is 53.0 Å². The molecule has 1 aromatic rings. The Kier molecular flexibility index (Phi) is 3.62. The summed E-state index contributed by atoms with van der Waals surface area (Å²) in [4.78, 5) is 4.85. The zero-order chi connectivity index (χ0) is 13.2. The van der Waals surface area contributed by atoms with Crippen molar-refractivity contribution in [3.63, 3.8) is 0 Å². The fraction of sp³-hybridized carbons (Fsp3) is 0.600. The molecule has 0 spiro atoms. The minimum atomic E-state index is 0.492. The molecule has 2 aliphatic rings. The van der Waals surface area contributed by atoms with Crippen LogP contribution in [-0.2, 0) is 4.74 Å². The van der Waals surface area contributed by atoms with E-state index >= 15 is 0 Å². The molecule has 0 bridgehead atoms. The number of fused-ring (bicyclic) bond motifs is 1. The molecule has 0 aliphatic carbocycles. The molecule has 19 heavy (non-hydrogen) atoms. The van der Waals surface area contributed by atoms with Crippen LogP contribution in [0.25, 0.3) is 0 Å². The molecular formula is C15H23N3O. The molecule has 4 nitrogen and oxygen atoms in total. The van der Waals surface area contributed by atoms with Gasteiger partial charge in [-0.1, -0.05) is 12.1 Å². The van der Waals surface area contributed by atoms with Gasteiger partial charge in [0.2, 0.25) is 0 Å². The van der Waals surface area contributed by atoms with Crippen LogP contribution in [0.5, 0.6) is 0 Å². The number of nitrogens with zero attached hydrogens (tertiary/aromatic N) is 2. The molecule has 2 unspecified atom stereocenters. The van der Waals surface area contributed by atoms with Gasteiger partial charge in [0, 0.05) is 38.6 Å². The van der Waals surface area contributed by atoms with Gasteiger partial charge >= 0.3 is 0 Å². The molecule has 0 radical (unpaired) electrons. The minimum Gasteiger partial charge on any atom is -0.379 e. The number of hydrogen-bond donors (Lipinski definition) is 1. The lowest BCUT2D eigenvalue weighted by Crippen LogP contribution is -2.45. The Bertz CT molecular complexity index is 437. The highest BCUT2D eigenvalue weighted by molar-refractivity contribution is 5.73. The van der Waals surface area contributed by atoms with E-state index in [9.17, 15) is 0 Å². The summed E-state index contributed by atoms with van der Waals surface area (Å²) in [6, 6.07) is 9.18. The molecule has 2 heterocycles. The van der Waals surface area contributed by atoms with Crippen LogP contribution in [0.3, 0.4) is 0 Å². The highest BCUT2D eigenvalue weighted by Crippen LogP contribution is 2.32. The summed E-state index contributed by atoms with van der Waals surface area (Å²) in [5.74, 6) is 0.585. The van der Waals surface area contributed by atoms with Crippen LogP contribution >= 0.6 is 0 Å². The van der Waals surface area contributed by atoms with Gasteiger partial charge in [-0.25, -0.2) is 0 Å². The van der Waals surface area contributed by atoms with Crippen LogP contribution in [0.15, 0.2) is 24.3 Å². The maximum Gasteiger partial charge on any atom is 0.0623 e. The quantitative estimate of drug-likeness (QED) is 0.884. The molecule has 0 saturated carbocycles. The summed E-state index contributed by atoms with van der Waals surface area (Å²) in [6.45, 7) is 4.99. The molecule has 3 rings (SSSR count). The fourth-order valence-corrected chi connectivity index (χ4v) is 3.14. The topological polar surface area (TPSA) is 27.7 Å². The van der Waals surface area contributed by atoms with E-state index in [0.29, 0.717) is 12.0 Å². The van der Waals surface area contributed by atoms with Crippen LogP contribution < -0.4 is 15.1 Å². The molecule has 1 fully saturated rings. The van der Waals surface area contributed by atoms with E-state index in [4.69, 9.17) is 4.74 Å². The van der Waals surface area contributed by atoms with Crippen LogP contribution in [0, 0.1) is 5.92 Å². The first kappa shape index (κ1) is 12.8. The highest BCUT2D eigenvalue weighted by atomic mass is 16.5. The molecule has 104 valence electrons. The van der Waals surface area contributed by atoms with Crippen molar-refractivity contribution >= 4 is 11.4 Å². The van der Waals surface area contributed by atoms with Gasteiger partial charge in [-0.05, 0) is 19.2 Å². The Morgan fingerprint density at radius 2 is 2.00 bits per heavy atom. The summed E-state index contributed by atoms with van der Waals surface area (Å²) in [6.07, 6.45) is 0. The Morgan fingerprint density at radius 1 is 1.21 bits per heavy atom. The summed E-state index contributed by atoms with van der Waals surface area (Å²) in [5, 5.41) is 3.37. The average molecular weight is 261 g/mol. The van der Waals surface area contributed by atoms with Crippen LogP contribution in [0.4, 0.5) is 11.4 Å². The standard InChI is InChI=1S/C15H23N3O/c1-16-13-11-19-10-12(13)9-18-8-7-17(2)14-5-3-4-6-15(14)18/h3-6,12-13,16H,7-11H2,1-2H3. The third-order valence-corrected chi connectivity index (χ3v) is 4.36. The lowest BCUT2D eigenvalue weighted by atomic mass is 10.0. The predicted molar refractivity (Wildman–Crippen MR) is 79.1 cm³/mol. The number of anilines is 2. The fourth-order valence-electron chi connectivity index (χ4n) is 3.14. The average Bonchev–Trinajstić information content (AvgIpc) is 2.89. The highest BCUT2D eigenvalue weighted by Gasteiger charge is 2.30. The van der Waals surface area contributed by atoms with E-state index in [-0.39, 0.29) is 0 Å². The molecule has 0 amide bonds. The zero-order valence-corrected chi connectivity index (χ0v) is 11.8. The summed E-state index contributed by atoms with van der Waals surface area (Å²) >= 11 is 0. The number of ether oxygens (including phenoxy) is 1. The minimum absolute atomic E-state index is 0.492. The van der Waals surface area contributed by atoms with E-state index in [2.05, 4.69) is 46.4 Å². The molecule has 1 aromatic carbocycles. The van der Waals surface area contributed by atoms with Gasteiger partial charge in [-0.2, -0.15) is 0 Å². The maximum absolute atomic E-state index is 5.61. The van der Waals surface area contributed by atoms with Gasteiger partial charge in [0.15, 0.2) is 0 Å². The second kappa shape index (κ2) is 5.39. The van der Waals surface area contributed by atoms with Gasteiger partial charge in [0.05, 0.1) is 24.6 Å².